The lowest BCUT2D eigenvalue weighted by molar-refractivity contribution is 0.243. The van der Waals surface area contributed by atoms with Crippen molar-refractivity contribution >= 4 is 30.1 Å². The van der Waals surface area contributed by atoms with Crippen molar-refractivity contribution in [1.29, 1.82) is 5.26 Å². The van der Waals surface area contributed by atoms with E-state index >= 15 is 0 Å². The fraction of sp³-hybridized carbons (Fsp3) is 0.439. The SMILES string of the molecule is CCCCCCCCCCC(C#N)(CCCN1CCC(=C2c3ccccc3C=Cc3ccccc32)CC1)c1ccccc1.Cl. The first-order valence-electron chi connectivity index (χ1n) is 17.0. The number of unbranched alkanes of at least 4 members (excludes halogenated alkanes) is 7. The van der Waals surface area contributed by atoms with E-state index in [1.165, 1.54) is 78.3 Å². The van der Waals surface area contributed by atoms with Crippen molar-refractivity contribution in [3.05, 3.63) is 112 Å². The van der Waals surface area contributed by atoms with Crippen molar-refractivity contribution in [2.45, 2.75) is 95.8 Å². The van der Waals surface area contributed by atoms with Crippen molar-refractivity contribution in [1.82, 2.24) is 4.90 Å². The van der Waals surface area contributed by atoms with Gasteiger partial charge in [0.15, 0.2) is 0 Å². The average molecular weight is 607 g/mol. The Balaban J connectivity index is 0.00000442. The second-order valence-electron chi connectivity index (χ2n) is 12.7. The van der Waals surface area contributed by atoms with E-state index in [0.717, 1.165) is 58.2 Å². The predicted molar refractivity (Wildman–Crippen MR) is 191 cm³/mol. The van der Waals surface area contributed by atoms with Crippen LogP contribution in [0.15, 0.2) is 84.4 Å². The van der Waals surface area contributed by atoms with E-state index in [9.17, 15) is 5.26 Å². The number of benzene rings is 3. The average Bonchev–Trinajstić information content (AvgIpc) is 3.23. The minimum Gasteiger partial charge on any atom is -0.303 e. The Morgan fingerprint density at radius 2 is 1.18 bits per heavy atom. The first kappa shape index (κ1) is 33.8. The molecule has 1 saturated heterocycles. The van der Waals surface area contributed by atoms with E-state index in [-0.39, 0.29) is 17.8 Å². The standard InChI is InChI=1S/C41H50N2.ClH/c1-2-3-4-5-6-7-8-16-28-41(33-42,37-20-10-9-11-21-37)29-17-30-43-31-26-36(27-32-43)40-38-22-14-12-18-34(38)24-25-35-19-13-15-23-39(35)40;/h9-15,18-25H,2-8,16-17,26-32H2,1H3;1H. The molecule has 1 aliphatic heterocycles. The molecule has 1 aliphatic carbocycles. The Kier molecular flexibility index (Phi) is 13.3. The summed E-state index contributed by atoms with van der Waals surface area (Å²) in [5.74, 6) is 0. The van der Waals surface area contributed by atoms with E-state index in [1.807, 2.05) is 0 Å². The van der Waals surface area contributed by atoms with E-state index in [1.54, 1.807) is 5.57 Å². The van der Waals surface area contributed by atoms with Gasteiger partial charge < -0.3 is 4.90 Å². The van der Waals surface area contributed by atoms with Crippen LogP contribution in [-0.4, -0.2) is 24.5 Å². The molecule has 0 bridgehead atoms. The maximum atomic E-state index is 10.6. The van der Waals surface area contributed by atoms with Crippen LogP contribution < -0.4 is 0 Å². The van der Waals surface area contributed by atoms with Gasteiger partial charge in [0.2, 0.25) is 0 Å². The fourth-order valence-electron chi connectivity index (χ4n) is 7.25. The highest BCUT2D eigenvalue weighted by molar-refractivity contribution is 5.94. The summed E-state index contributed by atoms with van der Waals surface area (Å²) in [5.41, 5.74) is 9.25. The third-order valence-corrected chi connectivity index (χ3v) is 9.79. The molecule has 3 aromatic carbocycles. The molecular formula is C41H51ClN2. The fourth-order valence-corrected chi connectivity index (χ4v) is 7.25. The van der Waals surface area contributed by atoms with E-state index < -0.39 is 0 Å². The summed E-state index contributed by atoms with van der Waals surface area (Å²) in [5, 5.41) is 10.6. The van der Waals surface area contributed by atoms with Crippen molar-refractivity contribution in [3.63, 3.8) is 0 Å². The van der Waals surface area contributed by atoms with Crippen LogP contribution in [0.25, 0.3) is 17.7 Å². The van der Waals surface area contributed by atoms with Crippen molar-refractivity contribution in [2.75, 3.05) is 19.6 Å². The van der Waals surface area contributed by atoms with Crippen molar-refractivity contribution in [3.8, 4) is 6.07 Å². The molecule has 2 aliphatic rings. The summed E-state index contributed by atoms with van der Waals surface area (Å²) in [6, 6.07) is 31.2. The molecule has 1 unspecified atom stereocenters. The smallest absolute Gasteiger partial charge is 0.0822 e. The quantitative estimate of drug-likeness (QED) is 0.133. The van der Waals surface area contributed by atoms with Gasteiger partial charge in [0.25, 0.3) is 0 Å². The zero-order valence-corrected chi connectivity index (χ0v) is 27.6. The molecule has 44 heavy (non-hydrogen) atoms. The van der Waals surface area contributed by atoms with Gasteiger partial charge in [-0.15, -0.1) is 12.4 Å². The zero-order chi connectivity index (χ0) is 29.7. The molecule has 0 saturated carbocycles. The van der Waals surface area contributed by atoms with Gasteiger partial charge in [-0.3, -0.25) is 0 Å². The third-order valence-electron chi connectivity index (χ3n) is 9.79. The zero-order valence-electron chi connectivity index (χ0n) is 26.8. The van der Waals surface area contributed by atoms with Gasteiger partial charge in [-0.05, 0) is 72.0 Å². The Labute approximate surface area is 273 Å². The monoisotopic (exact) mass is 606 g/mol. The molecular weight excluding hydrogens is 556 g/mol. The highest BCUT2D eigenvalue weighted by atomic mass is 35.5. The molecule has 0 spiro atoms. The Hall–Kier alpha value is -3.12. The summed E-state index contributed by atoms with van der Waals surface area (Å²) in [7, 11) is 0. The largest absolute Gasteiger partial charge is 0.303 e. The lowest BCUT2D eigenvalue weighted by Crippen LogP contribution is -2.33. The van der Waals surface area contributed by atoms with Crippen LogP contribution in [0.4, 0.5) is 0 Å². The van der Waals surface area contributed by atoms with Gasteiger partial charge in [-0.25, -0.2) is 0 Å². The lowest BCUT2D eigenvalue weighted by Gasteiger charge is -2.32. The van der Waals surface area contributed by atoms with Crippen LogP contribution in [-0.2, 0) is 5.41 Å². The van der Waals surface area contributed by atoms with Crippen molar-refractivity contribution < 1.29 is 0 Å². The maximum absolute atomic E-state index is 10.6. The highest BCUT2D eigenvalue weighted by Crippen LogP contribution is 2.39. The van der Waals surface area contributed by atoms with Gasteiger partial charge in [0.1, 0.15) is 0 Å². The van der Waals surface area contributed by atoms with Crippen LogP contribution in [0.1, 0.15) is 118 Å². The number of likely N-dealkylation sites (tertiary alicyclic amines) is 1. The molecule has 3 aromatic rings. The van der Waals surface area contributed by atoms with Crippen LogP contribution >= 0.6 is 12.4 Å². The molecule has 0 N–H and O–H groups in total. The Bertz CT molecular complexity index is 1350. The van der Waals surface area contributed by atoms with Gasteiger partial charge in [-0.1, -0.05) is 155 Å². The Morgan fingerprint density at radius 1 is 0.659 bits per heavy atom. The van der Waals surface area contributed by atoms with Crippen molar-refractivity contribution in [2.24, 2.45) is 0 Å². The van der Waals surface area contributed by atoms with E-state index in [0.29, 0.717) is 0 Å². The first-order chi connectivity index (χ1) is 21.2. The topological polar surface area (TPSA) is 27.0 Å². The number of piperidine rings is 1. The molecule has 3 heteroatoms. The summed E-state index contributed by atoms with van der Waals surface area (Å²) >= 11 is 0. The first-order valence-corrected chi connectivity index (χ1v) is 17.0. The van der Waals surface area contributed by atoms with Gasteiger partial charge >= 0.3 is 0 Å². The maximum Gasteiger partial charge on any atom is 0.0822 e. The summed E-state index contributed by atoms with van der Waals surface area (Å²) < 4.78 is 0. The summed E-state index contributed by atoms with van der Waals surface area (Å²) in [4.78, 5) is 2.64. The second kappa shape index (κ2) is 17.4. The van der Waals surface area contributed by atoms with Crippen LogP contribution in [0.3, 0.4) is 0 Å². The van der Waals surface area contributed by atoms with Gasteiger partial charge in [0, 0.05) is 13.1 Å². The van der Waals surface area contributed by atoms with Crippen LogP contribution in [0.2, 0.25) is 0 Å². The molecule has 1 atom stereocenters. The lowest BCUT2D eigenvalue weighted by atomic mass is 9.74. The minimum atomic E-state index is -0.368. The second-order valence-corrected chi connectivity index (χ2v) is 12.7. The molecule has 1 fully saturated rings. The minimum absolute atomic E-state index is 0. The number of fused-ring (bicyclic) bond motifs is 2. The van der Waals surface area contributed by atoms with E-state index in [2.05, 4.69) is 109 Å². The molecule has 0 amide bonds. The molecule has 232 valence electrons. The number of hydrogen-bond donors (Lipinski definition) is 0. The van der Waals surface area contributed by atoms with E-state index in [4.69, 9.17) is 0 Å². The van der Waals surface area contributed by atoms with Crippen LogP contribution in [0.5, 0.6) is 0 Å². The number of rotatable bonds is 14. The molecule has 0 radical (unpaired) electrons. The summed E-state index contributed by atoms with van der Waals surface area (Å²) in [6.07, 6.45) is 20.2. The Morgan fingerprint density at radius 3 is 1.77 bits per heavy atom. The molecule has 0 aromatic heterocycles. The number of hydrogen-bond acceptors (Lipinski definition) is 2. The molecule has 5 rings (SSSR count). The number of nitrogens with zero attached hydrogens (tertiary/aromatic N) is 2. The summed E-state index contributed by atoms with van der Waals surface area (Å²) in [6.45, 7) is 5.55. The molecule has 2 nitrogen and oxygen atoms in total. The van der Waals surface area contributed by atoms with Gasteiger partial charge in [-0.2, -0.15) is 5.26 Å². The number of nitriles is 1. The number of halogens is 1. The normalized spacial score (nSPS) is 15.8. The highest BCUT2D eigenvalue weighted by Gasteiger charge is 2.32. The van der Waals surface area contributed by atoms with Crippen LogP contribution in [0, 0.1) is 11.3 Å². The molecule has 1 heterocycles. The third kappa shape index (κ3) is 8.53. The van der Waals surface area contributed by atoms with Gasteiger partial charge in [0.05, 0.1) is 11.5 Å². The predicted octanol–water partition coefficient (Wildman–Crippen LogP) is 11.3.